The Labute approximate surface area is 157 Å². The maximum atomic E-state index is 9.71. The average molecular weight is 369 g/mol. The number of rotatable bonds is 5. The number of hydrogen-bond donors (Lipinski definition) is 3. The van der Waals surface area contributed by atoms with E-state index in [2.05, 4.69) is 34.2 Å². The molecule has 1 heterocycles. The molecular formula is C19H36N4OS. The summed E-state index contributed by atoms with van der Waals surface area (Å²) in [6.45, 7) is 6.40. The number of thioether (sulfide) groups is 1. The van der Waals surface area contributed by atoms with E-state index in [4.69, 9.17) is 4.99 Å². The number of aliphatic imine (C=N–C) groups is 1. The van der Waals surface area contributed by atoms with Crippen molar-refractivity contribution in [3.63, 3.8) is 0 Å². The highest BCUT2D eigenvalue weighted by Crippen LogP contribution is 2.37. The number of nitrogens with zero attached hydrogens (tertiary/aromatic N) is 2. The zero-order chi connectivity index (χ0) is 17.5. The summed E-state index contributed by atoms with van der Waals surface area (Å²) in [7, 11) is 0. The van der Waals surface area contributed by atoms with Crippen molar-refractivity contribution in [1.29, 1.82) is 0 Å². The summed E-state index contributed by atoms with van der Waals surface area (Å²) < 4.78 is 0. The molecule has 3 N–H and O–H groups in total. The molecule has 0 aromatic carbocycles. The maximum Gasteiger partial charge on any atom is 0.191 e. The molecule has 0 spiro atoms. The molecule has 25 heavy (non-hydrogen) atoms. The predicted octanol–water partition coefficient (Wildman–Crippen LogP) is 2.21. The first kappa shape index (κ1) is 19.3. The monoisotopic (exact) mass is 368 g/mol. The SMILES string of the molecule is CCNC(=NCC1(N2CCSCC2)CCCC1)NC1CCC(O)CC1. The minimum Gasteiger partial charge on any atom is -0.393 e. The van der Waals surface area contributed by atoms with Gasteiger partial charge in [0.05, 0.1) is 12.6 Å². The molecule has 0 atom stereocenters. The van der Waals surface area contributed by atoms with Crippen molar-refractivity contribution in [2.75, 3.05) is 37.7 Å². The van der Waals surface area contributed by atoms with Crippen LogP contribution < -0.4 is 10.6 Å². The molecule has 144 valence electrons. The van der Waals surface area contributed by atoms with E-state index in [0.29, 0.717) is 11.6 Å². The molecule has 3 aliphatic rings. The fraction of sp³-hybridized carbons (Fsp3) is 0.947. The van der Waals surface area contributed by atoms with Crippen LogP contribution in [0.5, 0.6) is 0 Å². The third-order valence-electron chi connectivity index (χ3n) is 6.13. The lowest BCUT2D eigenvalue weighted by atomic mass is 9.93. The zero-order valence-electron chi connectivity index (χ0n) is 15.8. The summed E-state index contributed by atoms with van der Waals surface area (Å²) in [5, 5.41) is 16.8. The van der Waals surface area contributed by atoms with Crippen LogP contribution in [0.1, 0.15) is 58.3 Å². The van der Waals surface area contributed by atoms with E-state index in [1.165, 1.54) is 50.3 Å². The largest absolute Gasteiger partial charge is 0.393 e. The van der Waals surface area contributed by atoms with E-state index in [1.54, 1.807) is 0 Å². The van der Waals surface area contributed by atoms with Crippen molar-refractivity contribution in [3.8, 4) is 0 Å². The van der Waals surface area contributed by atoms with Gasteiger partial charge in [-0.15, -0.1) is 0 Å². The molecule has 0 unspecified atom stereocenters. The maximum absolute atomic E-state index is 9.71. The third kappa shape index (κ3) is 5.27. The minimum absolute atomic E-state index is 0.101. The molecule has 2 saturated carbocycles. The quantitative estimate of drug-likeness (QED) is 0.513. The second-order valence-electron chi connectivity index (χ2n) is 7.88. The number of hydrogen-bond acceptors (Lipinski definition) is 4. The standard InChI is InChI=1S/C19H36N4OS/c1-2-20-18(22-16-5-7-17(24)8-6-16)21-15-19(9-3-4-10-19)23-11-13-25-14-12-23/h16-17,24H,2-15H2,1H3,(H2,20,21,22). The van der Waals surface area contributed by atoms with Gasteiger partial charge in [0.2, 0.25) is 0 Å². The Morgan fingerprint density at radius 1 is 1.16 bits per heavy atom. The van der Waals surface area contributed by atoms with Crippen LogP contribution in [0.4, 0.5) is 0 Å². The summed E-state index contributed by atoms with van der Waals surface area (Å²) in [5.41, 5.74) is 0.298. The molecule has 6 heteroatoms. The van der Waals surface area contributed by atoms with Crippen LogP contribution in [0.25, 0.3) is 0 Å². The van der Waals surface area contributed by atoms with E-state index in [0.717, 1.165) is 44.7 Å². The summed E-state index contributed by atoms with van der Waals surface area (Å²) in [4.78, 5) is 7.78. The summed E-state index contributed by atoms with van der Waals surface area (Å²) in [6, 6.07) is 0.451. The molecule has 0 bridgehead atoms. The van der Waals surface area contributed by atoms with Crippen LogP contribution in [0.2, 0.25) is 0 Å². The molecule has 2 aliphatic carbocycles. The number of aliphatic hydroxyl groups excluding tert-OH is 1. The first-order valence-corrected chi connectivity index (χ1v) is 11.4. The first-order valence-electron chi connectivity index (χ1n) is 10.3. The van der Waals surface area contributed by atoms with Crippen LogP contribution in [-0.4, -0.2) is 71.3 Å². The smallest absolute Gasteiger partial charge is 0.191 e. The van der Waals surface area contributed by atoms with Crippen molar-refractivity contribution in [1.82, 2.24) is 15.5 Å². The zero-order valence-corrected chi connectivity index (χ0v) is 16.6. The van der Waals surface area contributed by atoms with Gasteiger partial charge in [-0.2, -0.15) is 11.8 Å². The van der Waals surface area contributed by atoms with Gasteiger partial charge >= 0.3 is 0 Å². The molecule has 0 radical (unpaired) electrons. The molecule has 3 fully saturated rings. The average Bonchev–Trinajstić information content (AvgIpc) is 3.13. The number of guanidine groups is 1. The molecule has 5 nitrogen and oxygen atoms in total. The van der Waals surface area contributed by atoms with Crippen molar-refractivity contribution >= 4 is 17.7 Å². The van der Waals surface area contributed by atoms with Gasteiger partial charge in [-0.3, -0.25) is 9.89 Å². The Hall–Kier alpha value is -0.460. The van der Waals surface area contributed by atoms with Gasteiger partial charge in [0.1, 0.15) is 0 Å². The second-order valence-corrected chi connectivity index (χ2v) is 9.10. The molecule has 0 aromatic rings. The predicted molar refractivity (Wildman–Crippen MR) is 107 cm³/mol. The Bertz CT molecular complexity index is 425. The highest BCUT2D eigenvalue weighted by Gasteiger charge is 2.40. The highest BCUT2D eigenvalue weighted by molar-refractivity contribution is 7.99. The lowest BCUT2D eigenvalue weighted by molar-refractivity contribution is 0.112. The van der Waals surface area contributed by atoms with Crippen LogP contribution in [0, 0.1) is 0 Å². The van der Waals surface area contributed by atoms with Crippen LogP contribution in [0.3, 0.4) is 0 Å². The van der Waals surface area contributed by atoms with Gasteiger partial charge in [-0.25, -0.2) is 0 Å². The molecule has 3 rings (SSSR count). The summed E-state index contributed by atoms with van der Waals surface area (Å²) in [6.07, 6.45) is 9.11. The number of nitrogens with one attached hydrogen (secondary N) is 2. The summed E-state index contributed by atoms with van der Waals surface area (Å²) >= 11 is 2.09. The van der Waals surface area contributed by atoms with Gasteiger partial charge in [-0.1, -0.05) is 12.8 Å². The third-order valence-corrected chi connectivity index (χ3v) is 7.07. The Morgan fingerprint density at radius 3 is 2.48 bits per heavy atom. The topological polar surface area (TPSA) is 59.9 Å². The van der Waals surface area contributed by atoms with Crippen LogP contribution >= 0.6 is 11.8 Å². The second kappa shape index (κ2) is 9.47. The van der Waals surface area contributed by atoms with Gasteiger partial charge in [0, 0.05) is 42.7 Å². The normalized spacial score (nSPS) is 31.0. The van der Waals surface area contributed by atoms with Crippen molar-refractivity contribution in [2.24, 2.45) is 4.99 Å². The lowest BCUT2D eigenvalue weighted by Crippen LogP contribution is -2.53. The molecule has 0 amide bonds. The molecule has 1 aliphatic heterocycles. The van der Waals surface area contributed by atoms with Crippen molar-refractivity contribution in [2.45, 2.75) is 76.0 Å². The molecule has 1 saturated heterocycles. The van der Waals surface area contributed by atoms with Gasteiger partial charge in [0.15, 0.2) is 5.96 Å². The van der Waals surface area contributed by atoms with Gasteiger partial charge in [0.25, 0.3) is 0 Å². The van der Waals surface area contributed by atoms with E-state index >= 15 is 0 Å². The fourth-order valence-corrected chi connectivity index (χ4v) is 5.51. The lowest BCUT2D eigenvalue weighted by Gasteiger charge is -2.42. The van der Waals surface area contributed by atoms with Crippen molar-refractivity contribution in [3.05, 3.63) is 0 Å². The molecule has 0 aromatic heterocycles. The fourth-order valence-electron chi connectivity index (χ4n) is 4.60. The Morgan fingerprint density at radius 2 is 1.84 bits per heavy atom. The Balaban J connectivity index is 1.62. The van der Waals surface area contributed by atoms with Crippen LogP contribution in [-0.2, 0) is 0 Å². The minimum atomic E-state index is -0.101. The highest BCUT2D eigenvalue weighted by atomic mass is 32.2. The number of aliphatic hydroxyl groups is 1. The van der Waals surface area contributed by atoms with E-state index in [-0.39, 0.29) is 6.10 Å². The first-order chi connectivity index (χ1) is 12.2. The molecular weight excluding hydrogens is 332 g/mol. The van der Waals surface area contributed by atoms with E-state index in [9.17, 15) is 5.11 Å². The Kier molecular flexibility index (Phi) is 7.31. The van der Waals surface area contributed by atoms with E-state index in [1.807, 2.05) is 0 Å². The van der Waals surface area contributed by atoms with Crippen molar-refractivity contribution < 1.29 is 5.11 Å². The summed E-state index contributed by atoms with van der Waals surface area (Å²) in [5.74, 6) is 3.52. The van der Waals surface area contributed by atoms with Crippen LogP contribution in [0.15, 0.2) is 4.99 Å². The van der Waals surface area contributed by atoms with Gasteiger partial charge < -0.3 is 15.7 Å². The van der Waals surface area contributed by atoms with Gasteiger partial charge in [-0.05, 0) is 45.4 Å². The van der Waals surface area contributed by atoms with E-state index < -0.39 is 0 Å².